The average Bonchev–Trinajstić information content (AvgIpc) is 2.41. The summed E-state index contributed by atoms with van der Waals surface area (Å²) >= 11 is 0. The van der Waals surface area contributed by atoms with E-state index in [4.69, 9.17) is 19.9 Å². The second kappa shape index (κ2) is 10.7. The molecule has 0 amide bonds. The molecule has 0 bridgehead atoms. The molecule has 0 aliphatic heterocycles. The third-order valence-corrected chi connectivity index (χ3v) is 3.44. The average molecular weight is 262 g/mol. The Kier molecular flexibility index (Phi) is 10.6. The van der Waals surface area contributed by atoms with Crippen LogP contribution in [0.5, 0.6) is 0 Å². The van der Waals surface area contributed by atoms with Gasteiger partial charge in [-0.1, -0.05) is 6.92 Å². The van der Waals surface area contributed by atoms with Gasteiger partial charge in [-0.3, -0.25) is 4.90 Å². The number of hydrogen-bond donors (Lipinski definition) is 1. The lowest BCUT2D eigenvalue weighted by atomic mass is 10.1. The summed E-state index contributed by atoms with van der Waals surface area (Å²) in [4.78, 5) is 2.38. The van der Waals surface area contributed by atoms with Crippen molar-refractivity contribution in [2.24, 2.45) is 5.73 Å². The van der Waals surface area contributed by atoms with Crippen molar-refractivity contribution in [1.29, 1.82) is 0 Å². The third kappa shape index (κ3) is 6.11. The molecular formula is C13H30N2O3. The molecule has 0 heterocycles. The molecule has 0 aliphatic rings. The van der Waals surface area contributed by atoms with Gasteiger partial charge in [0, 0.05) is 52.9 Å². The fraction of sp³-hybridized carbons (Fsp3) is 1.00. The molecule has 2 unspecified atom stereocenters. The maximum Gasteiger partial charge on any atom is 0.158 e. The summed E-state index contributed by atoms with van der Waals surface area (Å²) in [5.41, 5.74) is 5.90. The second-order valence-corrected chi connectivity index (χ2v) is 4.51. The van der Waals surface area contributed by atoms with Crippen LogP contribution < -0.4 is 5.73 Å². The van der Waals surface area contributed by atoms with Gasteiger partial charge >= 0.3 is 0 Å². The van der Waals surface area contributed by atoms with Gasteiger partial charge in [0.05, 0.1) is 6.61 Å². The van der Waals surface area contributed by atoms with Crippen LogP contribution in [0.4, 0.5) is 0 Å². The Balaban J connectivity index is 4.57. The maximum atomic E-state index is 5.90. The highest BCUT2D eigenvalue weighted by Crippen LogP contribution is 2.14. The van der Waals surface area contributed by atoms with E-state index >= 15 is 0 Å². The lowest BCUT2D eigenvalue weighted by Gasteiger charge is -2.36. The zero-order valence-electron chi connectivity index (χ0n) is 12.5. The van der Waals surface area contributed by atoms with E-state index in [9.17, 15) is 0 Å². The number of ether oxygens (including phenoxy) is 3. The third-order valence-electron chi connectivity index (χ3n) is 3.44. The standard InChI is InChI=1S/C13H30N2O3/c1-6-11(2)15(7-8-16-3)12(10-14)9-13(17-4)18-5/h11-13H,6-10,14H2,1-5H3. The molecule has 2 N–H and O–H groups in total. The molecule has 0 spiro atoms. The van der Waals surface area contributed by atoms with Gasteiger partial charge in [-0.25, -0.2) is 0 Å². The van der Waals surface area contributed by atoms with Crippen molar-refractivity contribution >= 4 is 0 Å². The first kappa shape index (κ1) is 17.8. The molecule has 0 aromatic rings. The van der Waals surface area contributed by atoms with Crippen molar-refractivity contribution in [2.45, 2.75) is 45.1 Å². The van der Waals surface area contributed by atoms with Crippen LogP contribution in [0.3, 0.4) is 0 Å². The number of nitrogens with zero attached hydrogens (tertiary/aromatic N) is 1. The van der Waals surface area contributed by atoms with E-state index in [-0.39, 0.29) is 12.3 Å². The van der Waals surface area contributed by atoms with Crippen LogP contribution in [-0.2, 0) is 14.2 Å². The van der Waals surface area contributed by atoms with E-state index in [1.165, 1.54) is 0 Å². The second-order valence-electron chi connectivity index (χ2n) is 4.51. The first-order valence-corrected chi connectivity index (χ1v) is 6.64. The fourth-order valence-electron chi connectivity index (χ4n) is 2.07. The van der Waals surface area contributed by atoms with E-state index in [1.807, 2.05) is 0 Å². The highest BCUT2D eigenvalue weighted by atomic mass is 16.7. The number of hydrogen-bond acceptors (Lipinski definition) is 5. The predicted molar refractivity (Wildman–Crippen MR) is 73.6 cm³/mol. The zero-order chi connectivity index (χ0) is 14.0. The molecule has 0 aromatic heterocycles. The Morgan fingerprint density at radius 2 is 1.78 bits per heavy atom. The monoisotopic (exact) mass is 262 g/mol. The molecule has 0 saturated carbocycles. The van der Waals surface area contributed by atoms with Crippen LogP contribution in [0.1, 0.15) is 26.7 Å². The van der Waals surface area contributed by atoms with Crippen molar-refractivity contribution in [3.05, 3.63) is 0 Å². The van der Waals surface area contributed by atoms with Crippen LogP contribution in [0.15, 0.2) is 0 Å². The van der Waals surface area contributed by atoms with E-state index in [0.29, 0.717) is 19.2 Å². The van der Waals surface area contributed by atoms with Gasteiger partial charge in [0.15, 0.2) is 6.29 Å². The maximum absolute atomic E-state index is 5.90. The normalized spacial score (nSPS) is 15.3. The van der Waals surface area contributed by atoms with Crippen LogP contribution in [-0.4, -0.2) is 64.3 Å². The minimum atomic E-state index is -0.201. The molecular weight excluding hydrogens is 232 g/mol. The summed E-state index contributed by atoms with van der Waals surface area (Å²) < 4.78 is 15.7. The molecule has 0 saturated heterocycles. The summed E-state index contributed by atoms with van der Waals surface area (Å²) in [7, 11) is 5.04. The van der Waals surface area contributed by atoms with Gasteiger partial charge in [-0.05, 0) is 13.3 Å². The Labute approximate surface area is 112 Å². The van der Waals surface area contributed by atoms with Gasteiger partial charge in [-0.2, -0.15) is 0 Å². The minimum absolute atomic E-state index is 0.201. The molecule has 0 radical (unpaired) electrons. The molecule has 0 aromatic carbocycles. The van der Waals surface area contributed by atoms with Crippen LogP contribution in [0, 0.1) is 0 Å². The van der Waals surface area contributed by atoms with E-state index in [0.717, 1.165) is 19.4 Å². The van der Waals surface area contributed by atoms with E-state index < -0.39 is 0 Å². The van der Waals surface area contributed by atoms with Gasteiger partial charge in [0.25, 0.3) is 0 Å². The van der Waals surface area contributed by atoms with Gasteiger partial charge in [0.1, 0.15) is 0 Å². The van der Waals surface area contributed by atoms with E-state index in [1.54, 1.807) is 21.3 Å². The first-order chi connectivity index (χ1) is 8.64. The number of rotatable bonds is 11. The predicted octanol–water partition coefficient (Wildman–Crippen LogP) is 1.07. The molecule has 0 aliphatic carbocycles. The molecule has 0 fully saturated rings. The van der Waals surface area contributed by atoms with E-state index in [2.05, 4.69) is 18.7 Å². The smallest absolute Gasteiger partial charge is 0.158 e. The molecule has 2 atom stereocenters. The molecule has 18 heavy (non-hydrogen) atoms. The Bertz CT molecular complexity index is 189. The zero-order valence-corrected chi connectivity index (χ0v) is 12.5. The highest BCUT2D eigenvalue weighted by molar-refractivity contribution is 4.78. The summed E-state index contributed by atoms with van der Waals surface area (Å²) in [5.74, 6) is 0. The molecule has 110 valence electrons. The Morgan fingerprint density at radius 3 is 2.17 bits per heavy atom. The van der Waals surface area contributed by atoms with Gasteiger partial charge in [-0.15, -0.1) is 0 Å². The quantitative estimate of drug-likeness (QED) is 0.564. The molecule has 0 rings (SSSR count). The van der Waals surface area contributed by atoms with Crippen molar-refractivity contribution < 1.29 is 14.2 Å². The largest absolute Gasteiger partial charge is 0.383 e. The van der Waals surface area contributed by atoms with Crippen LogP contribution in [0.25, 0.3) is 0 Å². The fourth-order valence-corrected chi connectivity index (χ4v) is 2.07. The highest BCUT2D eigenvalue weighted by Gasteiger charge is 2.24. The topological polar surface area (TPSA) is 57.0 Å². The Hall–Kier alpha value is -0.200. The van der Waals surface area contributed by atoms with Gasteiger partial charge < -0.3 is 19.9 Å². The van der Waals surface area contributed by atoms with Crippen molar-refractivity contribution in [1.82, 2.24) is 4.90 Å². The number of methoxy groups -OCH3 is 3. The van der Waals surface area contributed by atoms with Gasteiger partial charge in [0.2, 0.25) is 0 Å². The SMILES string of the molecule is CCC(C)N(CCOC)C(CN)CC(OC)OC. The van der Waals surface area contributed by atoms with Crippen molar-refractivity contribution in [3.63, 3.8) is 0 Å². The van der Waals surface area contributed by atoms with Crippen LogP contribution >= 0.6 is 0 Å². The number of nitrogens with two attached hydrogens (primary N) is 1. The molecule has 5 heteroatoms. The van der Waals surface area contributed by atoms with Crippen molar-refractivity contribution in [3.8, 4) is 0 Å². The first-order valence-electron chi connectivity index (χ1n) is 6.64. The van der Waals surface area contributed by atoms with Crippen molar-refractivity contribution in [2.75, 3.05) is 41.0 Å². The lowest BCUT2D eigenvalue weighted by Crippen LogP contribution is -2.48. The lowest BCUT2D eigenvalue weighted by molar-refractivity contribution is -0.118. The summed E-state index contributed by atoms with van der Waals surface area (Å²) in [5, 5.41) is 0. The summed E-state index contributed by atoms with van der Waals surface area (Å²) in [6.07, 6.45) is 1.66. The minimum Gasteiger partial charge on any atom is -0.383 e. The molecule has 5 nitrogen and oxygen atoms in total. The summed E-state index contributed by atoms with van der Waals surface area (Å²) in [6.45, 7) is 6.59. The Morgan fingerprint density at radius 1 is 1.17 bits per heavy atom. The van der Waals surface area contributed by atoms with Crippen LogP contribution in [0.2, 0.25) is 0 Å². The summed E-state index contributed by atoms with van der Waals surface area (Å²) in [6, 6.07) is 0.725.